The van der Waals surface area contributed by atoms with Gasteiger partial charge in [-0.1, -0.05) is 134 Å². The molecule has 0 unspecified atom stereocenters. The van der Waals surface area contributed by atoms with Crippen molar-refractivity contribution in [3.8, 4) is 55.2 Å². The van der Waals surface area contributed by atoms with E-state index >= 15 is 0 Å². The molecular formula is C56H48IrN2S-2. The number of hydrogen-bond acceptors (Lipinski definition) is 3. The molecule has 0 amide bonds. The number of pyridine rings is 1. The molecule has 0 bridgehead atoms. The number of aryl methyl sites for hydroxylation is 4. The van der Waals surface area contributed by atoms with Gasteiger partial charge in [0.15, 0.2) is 0 Å². The summed E-state index contributed by atoms with van der Waals surface area (Å²) in [5.74, 6) is 0. The van der Waals surface area contributed by atoms with Crippen LogP contribution in [0.25, 0.3) is 65.4 Å². The van der Waals surface area contributed by atoms with E-state index in [1.807, 2.05) is 42.6 Å². The van der Waals surface area contributed by atoms with Gasteiger partial charge < -0.3 is 4.98 Å². The van der Waals surface area contributed by atoms with E-state index in [-0.39, 0.29) is 20.1 Å². The average Bonchev–Trinajstić information content (AvgIpc) is 3.74. The van der Waals surface area contributed by atoms with Gasteiger partial charge in [0.2, 0.25) is 0 Å². The van der Waals surface area contributed by atoms with Crippen molar-refractivity contribution >= 4 is 21.6 Å². The number of hydrogen-bond donors (Lipinski definition) is 0. The summed E-state index contributed by atoms with van der Waals surface area (Å²) in [4.78, 5) is 9.27. The summed E-state index contributed by atoms with van der Waals surface area (Å²) in [6, 6.07) is 68.6. The zero-order chi connectivity index (χ0) is 40.2. The van der Waals surface area contributed by atoms with Crippen LogP contribution in [0.5, 0.6) is 0 Å². The molecule has 7 aromatic carbocycles. The molecule has 0 aliphatic heterocycles. The molecule has 4 heteroatoms. The number of unbranched alkanes of at least 4 members (excludes halogenated alkanes) is 3. The molecule has 0 saturated carbocycles. The fourth-order valence-corrected chi connectivity index (χ4v) is 8.76. The van der Waals surface area contributed by atoms with Gasteiger partial charge in [-0.3, -0.25) is 4.98 Å². The third-order valence-electron chi connectivity index (χ3n) is 10.8. The molecule has 9 aromatic rings. The van der Waals surface area contributed by atoms with Crippen LogP contribution in [0.2, 0.25) is 0 Å². The summed E-state index contributed by atoms with van der Waals surface area (Å²) >= 11 is 1.73. The van der Waals surface area contributed by atoms with Crippen molar-refractivity contribution in [2.24, 2.45) is 0 Å². The molecule has 0 atom stereocenters. The molecule has 60 heavy (non-hydrogen) atoms. The summed E-state index contributed by atoms with van der Waals surface area (Å²) in [5, 5.41) is 1.03. The molecule has 2 aromatic heterocycles. The fraction of sp³-hybridized carbons (Fsp3) is 0.143. The summed E-state index contributed by atoms with van der Waals surface area (Å²) in [6.07, 6.45) is 9.27. The Morgan fingerprint density at radius 3 is 1.88 bits per heavy atom. The van der Waals surface area contributed by atoms with Crippen LogP contribution < -0.4 is 0 Å². The van der Waals surface area contributed by atoms with Crippen molar-refractivity contribution in [3.63, 3.8) is 0 Å². The van der Waals surface area contributed by atoms with E-state index < -0.39 is 0 Å². The molecule has 0 spiro atoms. The Bertz CT molecular complexity index is 2700. The van der Waals surface area contributed by atoms with Crippen LogP contribution in [0.4, 0.5) is 0 Å². The number of nitrogens with zero attached hydrogens (tertiary/aromatic N) is 2. The SMILES string of the molecule is Cc1cccc(C)c1-c1ccccc1-c1cc[c-]c(-c2ccccn2)c1.[Ir].[c-]1ccc(-c2cccc(CCCCCCc3ccccc3)c2)cc1-c1nc2ccccc2s1. The first-order valence-corrected chi connectivity index (χ1v) is 21.5. The second-order valence-electron chi connectivity index (χ2n) is 15.1. The molecule has 1 radical (unpaired) electrons. The Hall–Kier alpha value is -5.77. The quantitative estimate of drug-likeness (QED) is 0.0901. The van der Waals surface area contributed by atoms with Crippen LogP contribution in [-0.2, 0) is 32.9 Å². The van der Waals surface area contributed by atoms with E-state index in [0.29, 0.717) is 0 Å². The third kappa shape index (κ3) is 10.7. The van der Waals surface area contributed by atoms with Crippen LogP contribution in [0.1, 0.15) is 47.9 Å². The Morgan fingerprint density at radius 1 is 0.500 bits per heavy atom. The first-order valence-electron chi connectivity index (χ1n) is 20.7. The predicted octanol–water partition coefficient (Wildman–Crippen LogP) is 15.3. The van der Waals surface area contributed by atoms with E-state index in [4.69, 9.17) is 4.98 Å². The third-order valence-corrected chi connectivity index (χ3v) is 11.9. The minimum atomic E-state index is 0. The molecule has 9 rings (SSSR count). The predicted molar refractivity (Wildman–Crippen MR) is 251 cm³/mol. The van der Waals surface area contributed by atoms with Gasteiger partial charge in [-0.15, -0.1) is 70.8 Å². The van der Waals surface area contributed by atoms with Crippen LogP contribution in [0, 0.1) is 26.0 Å². The standard InChI is InChI=1S/C31H28NS.C25H20N.Ir/c1(4-12-24-13-6-3-7-14-24)2-5-15-25-16-10-17-26(22-25)27-18-11-19-28(23-27)31-32-29-20-8-9-21-30(29)33-31;1-18-9-7-10-19(2)25(18)23-14-4-3-13-22(23)20-11-8-12-21(17-20)24-15-5-6-16-26-24;/h3,6-11,13-14,16-18,20-23H,1-2,4-5,12,15H2;3-11,13-17H,1-2H3;/q2*-1;. The Labute approximate surface area is 373 Å². The Balaban J connectivity index is 0.000000183. The van der Waals surface area contributed by atoms with Crippen LogP contribution in [-0.4, -0.2) is 9.97 Å². The summed E-state index contributed by atoms with van der Waals surface area (Å²) in [6.45, 7) is 4.36. The Morgan fingerprint density at radius 2 is 1.12 bits per heavy atom. The maximum Gasteiger partial charge on any atom is 0.0697 e. The largest absolute Gasteiger partial charge is 0.305 e. The molecule has 2 nitrogen and oxygen atoms in total. The molecular weight excluding hydrogens is 925 g/mol. The Kier molecular flexibility index (Phi) is 14.8. The van der Waals surface area contributed by atoms with Crippen molar-refractivity contribution in [2.45, 2.75) is 52.4 Å². The summed E-state index contributed by atoms with van der Waals surface area (Å²) < 4.78 is 1.22. The number of benzene rings is 7. The maximum atomic E-state index is 4.81. The van der Waals surface area contributed by atoms with Gasteiger partial charge in [-0.2, -0.15) is 11.3 Å². The molecule has 0 N–H and O–H groups in total. The van der Waals surface area contributed by atoms with E-state index in [1.54, 1.807) is 11.3 Å². The minimum absolute atomic E-state index is 0. The van der Waals surface area contributed by atoms with Crippen molar-refractivity contribution in [1.82, 2.24) is 9.97 Å². The number of rotatable bonds is 12. The topological polar surface area (TPSA) is 25.8 Å². The normalized spacial score (nSPS) is 10.8. The summed E-state index contributed by atoms with van der Waals surface area (Å²) in [5.41, 5.74) is 17.0. The fourth-order valence-electron chi connectivity index (χ4n) is 7.82. The van der Waals surface area contributed by atoms with Crippen molar-refractivity contribution < 1.29 is 20.1 Å². The smallest absolute Gasteiger partial charge is 0.0697 e. The first kappa shape index (κ1) is 42.4. The van der Waals surface area contributed by atoms with Gasteiger partial charge in [0.1, 0.15) is 0 Å². The van der Waals surface area contributed by atoms with Gasteiger partial charge in [-0.25, -0.2) is 0 Å². The van der Waals surface area contributed by atoms with Crippen LogP contribution >= 0.6 is 11.3 Å². The van der Waals surface area contributed by atoms with Gasteiger partial charge >= 0.3 is 0 Å². The molecule has 0 aliphatic rings. The van der Waals surface area contributed by atoms with E-state index in [2.05, 4.69) is 170 Å². The molecule has 0 aliphatic carbocycles. The van der Waals surface area contributed by atoms with Crippen molar-refractivity contribution in [3.05, 3.63) is 217 Å². The van der Waals surface area contributed by atoms with Crippen LogP contribution in [0.15, 0.2) is 182 Å². The van der Waals surface area contributed by atoms with E-state index in [0.717, 1.165) is 33.8 Å². The monoisotopic (exact) mass is 973 g/mol. The second-order valence-corrected chi connectivity index (χ2v) is 16.1. The second kappa shape index (κ2) is 21.0. The number of fused-ring (bicyclic) bond motifs is 1. The number of para-hydroxylation sites is 1. The molecule has 299 valence electrons. The number of aromatic nitrogens is 2. The maximum absolute atomic E-state index is 4.81. The molecule has 2 heterocycles. The zero-order valence-electron chi connectivity index (χ0n) is 34.2. The van der Waals surface area contributed by atoms with Gasteiger partial charge in [0, 0.05) is 36.0 Å². The van der Waals surface area contributed by atoms with E-state index in [9.17, 15) is 0 Å². The van der Waals surface area contributed by atoms with Crippen molar-refractivity contribution in [2.75, 3.05) is 0 Å². The summed E-state index contributed by atoms with van der Waals surface area (Å²) in [7, 11) is 0. The van der Waals surface area contributed by atoms with Gasteiger partial charge in [-0.05, 0) is 108 Å². The minimum Gasteiger partial charge on any atom is -0.305 e. The van der Waals surface area contributed by atoms with Gasteiger partial charge in [0.05, 0.1) is 5.52 Å². The molecule has 0 fully saturated rings. The molecule has 0 saturated heterocycles. The average molecular weight is 973 g/mol. The van der Waals surface area contributed by atoms with Crippen molar-refractivity contribution in [1.29, 1.82) is 0 Å². The number of thiazole rings is 1. The van der Waals surface area contributed by atoms with Gasteiger partial charge in [0.25, 0.3) is 0 Å². The zero-order valence-corrected chi connectivity index (χ0v) is 37.4. The first-order chi connectivity index (χ1) is 29.1. The van der Waals surface area contributed by atoms with Crippen LogP contribution in [0.3, 0.4) is 0 Å². The van der Waals surface area contributed by atoms with E-state index in [1.165, 1.54) is 92.4 Å².